The number of carbonyl (C=O) groups excluding carboxylic acids is 1. The van der Waals surface area contributed by atoms with Crippen LogP contribution in [0.3, 0.4) is 0 Å². The number of hydrogen-bond acceptors (Lipinski definition) is 10. The summed E-state index contributed by atoms with van der Waals surface area (Å²) in [5.41, 5.74) is 5.40. The van der Waals surface area contributed by atoms with Crippen molar-refractivity contribution in [2.75, 3.05) is 27.4 Å². The Morgan fingerprint density at radius 2 is 1.42 bits per heavy atom. The molecule has 1 saturated heterocycles. The molecule has 1 aliphatic carbocycles. The van der Waals surface area contributed by atoms with Crippen LogP contribution in [0.2, 0.25) is 10.0 Å². The SMILES string of the molecule is CCO[C@H]1C[C@H](NCc2ncc(-c3cccc(-c4cccc(-c5cnc(CNC[C@@H]6CCC(=O)N6)c(OC)n5)c4Cl)c3Cl)nc2OC)C1. The molecule has 0 unspecified atom stereocenters. The molecule has 6 rings (SSSR count). The highest BCUT2D eigenvalue weighted by atomic mass is 35.5. The van der Waals surface area contributed by atoms with Gasteiger partial charge in [-0.2, -0.15) is 0 Å². The molecule has 4 aromatic rings. The minimum atomic E-state index is 0.0859. The van der Waals surface area contributed by atoms with Crippen LogP contribution in [-0.2, 0) is 22.6 Å². The summed E-state index contributed by atoms with van der Waals surface area (Å²) in [6.07, 6.45) is 7.08. The van der Waals surface area contributed by atoms with Gasteiger partial charge in [-0.1, -0.05) is 59.6 Å². The molecule has 1 aliphatic heterocycles. The first-order valence-electron chi connectivity index (χ1n) is 16.1. The Labute approximate surface area is 290 Å². The van der Waals surface area contributed by atoms with Gasteiger partial charge in [-0.3, -0.25) is 14.8 Å². The van der Waals surface area contributed by atoms with Crippen molar-refractivity contribution in [2.45, 2.75) is 63.9 Å². The summed E-state index contributed by atoms with van der Waals surface area (Å²) in [6, 6.07) is 11.9. The zero-order chi connectivity index (χ0) is 33.6. The molecule has 0 radical (unpaired) electrons. The van der Waals surface area contributed by atoms with E-state index in [4.69, 9.17) is 47.4 Å². The molecule has 0 spiro atoms. The zero-order valence-electron chi connectivity index (χ0n) is 27.2. The monoisotopic (exact) mass is 691 g/mol. The van der Waals surface area contributed by atoms with E-state index in [1.54, 1.807) is 26.6 Å². The van der Waals surface area contributed by atoms with Crippen LogP contribution < -0.4 is 25.4 Å². The summed E-state index contributed by atoms with van der Waals surface area (Å²) in [4.78, 5) is 30.3. The molecule has 13 heteroatoms. The van der Waals surface area contributed by atoms with Crippen LogP contribution in [-0.4, -0.2) is 71.4 Å². The Morgan fingerprint density at radius 1 is 0.854 bits per heavy atom. The number of rotatable bonds is 14. The number of nitrogens with one attached hydrogen (secondary N) is 3. The van der Waals surface area contributed by atoms with Gasteiger partial charge in [0.05, 0.1) is 54.2 Å². The maximum atomic E-state index is 11.5. The average Bonchev–Trinajstić information content (AvgIpc) is 3.50. The van der Waals surface area contributed by atoms with Gasteiger partial charge >= 0.3 is 0 Å². The summed E-state index contributed by atoms with van der Waals surface area (Å²) >= 11 is 14.1. The Kier molecular flexibility index (Phi) is 11.0. The van der Waals surface area contributed by atoms with Crippen LogP contribution >= 0.6 is 23.2 Å². The number of nitrogens with zero attached hydrogens (tertiary/aromatic N) is 4. The molecule has 3 heterocycles. The van der Waals surface area contributed by atoms with Gasteiger partial charge in [-0.25, -0.2) is 9.97 Å². The third-order valence-corrected chi connectivity index (χ3v) is 9.49. The van der Waals surface area contributed by atoms with E-state index < -0.39 is 0 Å². The van der Waals surface area contributed by atoms with Gasteiger partial charge in [0, 0.05) is 67.0 Å². The zero-order valence-corrected chi connectivity index (χ0v) is 28.7. The fourth-order valence-corrected chi connectivity index (χ4v) is 6.69. The summed E-state index contributed by atoms with van der Waals surface area (Å²) in [5, 5.41) is 10.8. The molecule has 2 aliphatic rings. The second-order valence-corrected chi connectivity index (χ2v) is 12.6. The number of amides is 1. The maximum Gasteiger partial charge on any atom is 0.237 e. The van der Waals surface area contributed by atoms with E-state index in [0.29, 0.717) is 88.2 Å². The second kappa shape index (κ2) is 15.6. The van der Waals surface area contributed by atoms with Crippen molar-refractivity contribution in [1.29, 1.82) is 0 Å². The first-order chi connectivity index (χ1) is 23.4. The van der Waals surface area contributed by atoms with Gasteiger partial charge in [0.25, 0.3) is 0 Å². The lowest BCUT2D eigenvalue weighted by Gasteiger charge is -2.35. The molecule has 2 aromatic heterocycles. The van der Waals surface area contributed by atoms with Crippen LogP contribution in [0.15, 0.2) is 48.8 Å². The maximum absolute atomic E-state index is 11.5. The van der Waals surface area contributed by atoms with Gasteiger partial charge in [0.15, 0.2) is 0 Å². The van der Waals surface area contributed by atoms with E-state index in [9.17, 15) is 4.79 Å². The number of ether oxygens (including phenoxy) is 3. The van der Waals surface area contributed by atoms with Crippen molar-refractivity contribution in [3.05, 3.63) is 70.2 Å². The van der Waals surface area contributed by atoms with E-state index in [0.717, 1.165) is 42.7 Å². The van der Waals surface area contributed by atoms with Crippen molar-refractivity contribution in [2.24, 2.45) is 0 Å². The molecular formula is C35H39Cl2N7O4. The molecule has 48 heavy (non-hydrogen) atoms. The summed E-state index contributed by atoms with van der Waals surface area (Å²) < 4.78 is 16.9. The highest BCUT2D eigenvalue weighted by Gasteiger charge is 2.29. The smallest absolute Gasteiger partial charge is 0.237 e. The highest BCUT2D eigenvalue weighted by Crippen LogP contribution is 2.42. The summed E-state index contributed by atoms with van der Waals surface area (Å²) in [6.45, 7) is 4.38. The first-order valence-corrected chi connectivity index (χ1v) is 16.9. The number of carbonyl (C=O) groups is 1. The number of methoxy groups -OCH3 is 2. The molecule has 1 saturated carbocycles. The minimum absolute atomic E-state index is 0.0859. The van der Waals surface area contributed by atoms with Crippen molar-refractivity contribution in [3.63, 3.8) is 0 Å². The van der Waals surface area contributed by atoms with E-state index in [1.165, 1.54) is 0 Å². The normalized spacial score (nSPS) is 18.8. The molecule has 1 amide bonds. The molecule has 0 bridgehead atoms. The topological polar surface area (TPSA) is 132 Å². The molecule has 11 nitrogen and oxygen atoms in total. The van der Waals surface area contributed by atoms with Gasteiger partial charge < -0.3 is 30.2 Å². The number of hydrogen-bond donors (Lipinski definition) is 3. The lowest BCUT2D eigenvalue weighted by atomic mass is 9.89. The van der Waals surface area contributed by atoms with E-state index in [-0.39, 0.29) is 11.9 Å². The van der Waals surface area contributed by atoms with Crippen LogP contribution in [0.1, 0.15) is 44.0 Å². The van der Waals surface area contributed by atoms with Crippen LogP contribution in [0.25, 0.3) is 33.6 Å². The van der Waals surface area contributed by atoms with Gasteiger partial charge in [0.1, 0.15) is 11.4 Å². The lowest BCUT2D eigenvalue weighted by molar-refractivity contribution is -0.119. The largest absolute Gasteiger partial charge is 0.480 e. The molecular weight excluding hydrogens is 653 g/mol. The predicted octanol–water partition coefficient (Wildman–Crippen LogP) is 5.62. The standard InChI is InChI=1S/C35H39Cl2N7O4/c1-4-48-22-13-21(14-22)39-19-30-35(47-3)44-28(18-41-30)26-10-6-8-24(33(26)37)23-7-5-9-25(32(23)36)27-17-40-29(34(43-27)46-2)16-38-15-20-11-12-31(45)42-20/h5-10,17-18,20-22,38-39H,4,11-16,19H2,1-3H3,(H,42,45)/t20-,21-,22-/m0/s1. The molecule has 252 valence electrons. The Hall–Kier alpha value is -3.87. The lowest BCUT2D eigenvalue weighted by Crippen LogP contribution is -2.45. The molecule has 1 atom stereocenters. The van der Waals surface area contributed by atoms with Crippen LogP contribution in [0.4, 0.5) is 0 Å². The predicted molar refractivity (Wildman–Crippen MR) is 185 cm³/mol. The van der Waals surface area contributed by atoms with Gasteiger partial charge in [-0.05, 0) is 26.2 Å². The van der Waals surface area contributed by atoms with E-state index in [1.807, 2.05) is 43.3 Å². The molecule has 3 N–H and O–H groups in total. The number of aromatic nitrogens is 4. The van der Waals surface area contributed by atoms with E-state index >= 15 is 0 Å². The summed E-state index contributed by atoms with van der Waals surface area (Å²) in [7, 11) is 3.15. The third kappa shape index (κ3) is 7.55. The minimum Gasteiger partial charge on any atom is -0.480 e. The van der Waals surface area contributed by atoms with Crippen LogP contribution in [0.5, 0.6) is 11.8 Å². The highest BCUT2D eigenvalue weighted by molar-refractivity contribution is 6.39. The van der Waals surface area contributed by atoms with Crippen molar-refractivity contribution in [1.82, 2.24) is 35.9 Å². The molecule has 2 fully saturated rings. The molecule has 2 aromatic carbocycles. The summed E-state index contributed by atoms with van der Waals surface area (Å²) in [5.74, 6) is 0.923. The van der Waals surface area contributed by atoms with Crippen molar-refractivity contribution in [3.8, 4) is 45.4 Å². The van der Waals surface area contributed by atoms with E-state index in [2.05, 4.69) is 25.9 Å². The fraction of sp³-hybridized carbons (Fsp3) is 0.400. The average molecular weight is 693 g/mol. The van der Waals surface area contributed by atoms with Gasteiger partial charge in [-0.15, -0.1) is 0 Å². The quantitative estimate of drug-likeness (QED) is 0.153. The Balaban J connectivity index is 1.20. The first kappa shape index (κ1) is 34.0. The van der Waals surface area contributed by atoms with Crippen molar-refractivity contribution < 1.29 is 19.0 Å². The Morgan fingerprint density at radius 3 is 1.94 bits per heavy atom. The third-order valence-electron chi connectivity index (χ3n) is 8.67. The van der Waals surface area contributed by atoms with Crippen LogP contribution in [0, 0.1) is 0 Å². The second-order valence-electron chi connectivity index (χ2n) is 11.8. The van der Waals surface area contributed by atoms with Gasteiger partial charge in [0.2, 0.25) is 17.7 Å². The van der Waals surface area contributed by atoms with Crippen molar-refractivity contribution >= 4 is 29.1 Å². The number of benzene rings is 2. The Bertz CT molecular complexity index is 1770. The fourth-order valence-electron chi connectivity index (χ4n) is 6.04. The number of halogens is 2.